The third-order valence-corrected chi connectivity index (χ3v) is 4.62. The number of ether oxygens (including phenoxy) is 1. The van der Waals surface area contributed by atoms with E-state index in [9.17, 15) is 9.59 Å². The Kier molecular flexibility index (Phi) is 10.8. The van der Waals surface area contributed by atoms with Gasteiger partial charge in [-0.3, -0.25) is 9.59 Å². The SMILES string of the molecule is CCOC(=O)CC(C)c1ccc(N(CC(C)C)CC(C)C)c(NC(=S)NC(C)=O)c1. The molecule has 1 rings (SSSR count). The predicted molar refractivity (Wildman–Crippen MR) is 128 cm³/mol. The number of nitrogens with one attached hydrogen (secondary N) is 2. The highest BCUT2D eigenvalue weighted by Crippen LogP contribution is 2.32. The van der Waals surface area contributed by atoms with Crippen molar-refractivity contribution in [3.63, 3.8) is 0 Å². The summed E-state index contributed by atoms with van der Waals surface area (Å²) in [6, 6.07) is 6.14. The molecule has 0 heterocycles. The minimum absolute atomic E-state index is 0.00312. The molecule has 0 fully saturated rings. The van der Waals surface area contributed by atoms with Crippen molar-refractivity contribution in [3.8, 4) is 0 Å². The number of amides is 1. The van der Waals surface area contributed by atoms with E-state index in [0.717, 1.165) is 30.0 Å². The first kappa shape index (κ1) is 25.9. The Hall–Kier alpha value is -2.15. The topological polar surface area (TPSA) is 70.7 Å². The van der Waals surface area contributed by atoms with Crippen LogP contribution >= 0.6 is 12.2 Å². The second-order valence-electron chi connectivity index (χ2n) is 8.51. The smallest absolute Gasteiger partial charge is 0.306 e. The molecule has 6 nitrogen and oxygen atoms in total. The highest BCUT2D eigenvalue weighted by atomic mass is 32.1. The van der Waals surface area contributed by atoms with E-state index >= 15 is 0 Å². The monoisotopic (exact) mass is 435 g/mol. The van der Waals surface area contributed by atoms with E-state index in [1.165, 1.54) is 6.92 Å². The number of nitrogens with zero attached hydrogens (tertiary/aromatic N) is 1. The average molecular weight is 436 g/mol. The van der Waals surface area contributed by atoms with Gasteiger partial charge in [-0.25, -0.2) is 0 Å². The van der Waals surface area contributed by atoms with E-state index in [2.05, 4.69) is 55.4 Å². The van der Waals surface area contributed by atoms with Crippen LogP contribution in [0.3, 0.4) is 0 Å². The van der Waals surface area contributed by atoms with E-state index in [1.54, 1.807) is 6.92 Å². The van der Waals surface area contributed by atoms with Gasteiger partial charge in [-0.1, -0.05) is 40.7 Å². The Morgan fingerprint density at radius 1 is 1.10 bits per heavy atom. The van der Waals surface area contributed by atoms with E-state index in [0.29, 0.717) is 24.9 Å². The first-order valence-corrected chi connectivity index (χ1v) is 11.1. The number of thiocarbonyl (C=S) groups is 1. The molecule has 1 atom stereocenters. The van der Waals surface area contributed by atoms with E-state index < -0.39 is 0 Å². The summed E-state index contributed by atoms with van der Waals surface area (Å²) in [5.41, 5.74) is 2.86. The maximum atomic E-state index is 11.9. The maximum Gasteiger partial charge on any atom is 0.306 e. The second-order valence-corrected chi connectivity index (χ2v) is 8.92. The highest BCUT2D eigenvalue weighted by Gasteiger charge is 2.19. The fourth-order valence-corrected chi connectivity index (χ4v) is 3.54. The largest absolute Gasteiger partial charge is 0.466 e. The number of anilines is 2. The zero-order valence-electron chi connectivity index (χ0n) is 19.4. The molecule has 1 unspecified atom stereocenters. The lowest BCUT2D eigenvalue weighted by atomic mass is 9.96. The Morgan fingerprint density at radius 2 is 1.70 bits per heavy atom. The molecule has 0 saturated carbocycles. The number of hydrogen-bond acceptors (Lipinski definition) is 5. The normalized spacial score (nSPS) is 11.9. The summed E-state index contributed by atoms with van der Waals surface area (Å²) < 4.78 is 5.09. The van der Waals surface area contributed by atoms with Crippen molar-refractivity contribution in [1.29, 1.82) is 0 Å². The molecule has 0 bridgehead atoms. The fraction of sp³-hybridized carbons (Fsp3) is 0.609. The van der Waals surface area contributed by atoms with Gasteiger partial charge in [0.25, 0.3) is 0 Å². The van der Waals surface area contributed by atoms with Crippen LogP contribution < -0.4 is 15.5 Å². The van der Waals surface area contributed by atoms with E-state index in [1.807, 2.05) is 13.0 Å². The van der Waals surface area contributed by atoms with Gasteiger partial charge in [-0.15, -0.1) is 0 Å². The van der Waals surface area contributed by atoms with Gasteiger partial charge in [-0.2, -0.15) is 0 Å². The molecular formula is C23H37N3O3S. The third-order valence-electron chi connectivity index (χ3n) is 4.42. The molecule has 0 saturated heterocycles. The van der Waals surface area contributed by atoms with Crippen molar-refractivity contribution in [1.82, 2.24) is 5.32 Å². The number of carbonyl (C=O) groups excluding carboxylic acids is 2. The van der Waals surface area contributed by atoms with Gasteiger partial charge in [-0.05, 0) is 54.6 Å². The molecule has 0 radical (unpaired) electrons. The molecular weight excluding hydrogens is 398 g/mol. The summed E-state index contributed by atoms with van der Waals surface area (Å²) in [6.07, 6.45) is 0.310. The quantitative estimate of drug-likeness (QED) is 0.410. The summed E-state index contributed by atoms with van der Waals surface area (Å²) in [6.45, 7) is 16.2. The Morgan fingerprint density at radius 3 is 2.20 bits per heavy atom. The van der Waals surface area contributed by atoms with Crippen molar-refractivity contribution in [3.05, 3.63) is 23.8 Å². The first-order chi connectivity index (χ1) is 14.0. The number of esters is 1. The number of benzene rings is 1. The molecule has 7 heteroatoms. The molecule has 0 aliphatic carbocycles. The van der Waals surface area contributed by atoms with Crippen molar-refractivity contribution >= 4 is 40.6 Å². The van der Waals surface area contributed by atoms with Crippen LogP contribution in [0, 0.1) is 11.8 Å². The molecule has 2 N–H and O–H groups in total. The first-order valence-electron chi connectivity index (χ1n) is 10.7. The zero-order valence-corrected chi connectivity index (χ0v) is 20.2. The highest BCUT2D eigenvalue weighted by molar-refractivity contribution is 7.80. The lowest BCUT2D eigenvalue weighted by Gasteiger charge is -2.31. The zero-order chi connectivity index (χ0) is 22.8. The minimum Gasteiger partial charge on any atom is -0.466 e. The van der Waals surface area contributed by atoms with Crippen molar-refractivity contribution in [2.75, 3.05) is 29.9 Å². The van der Waals surface area contributed by atoms with Crippen LogP contribution in [0.5, 0.6) is 0 Å². The van der Waals surface area contributed by atoms with E-state index in [-0.39, 0.29) is 22.9 Å². The van der Waals surface area contributed by atoms with E-state index in [4.69, 9.17) is 17.0 Å². The Bertz CT molecular complexity index is 724. The minimum atomic E-state index is -0.220. The van der Waals surface area contributed by atoms with Gasteiger partial charge in [0.05, 0.1) is 24.4 Å². The number of carbonyl (C=O) groups is 2. The second kappa shape index (κ2) is 12.5. The molecule has 1 aromatic rings. The average Bonchev–Trinajstić information content (AvgIpc) is 2.59. The molecule has 0 aliphatic rings. The third kappa shape index (κ3) is 9.11. The number of hydrogen-bond donors (Lipinski definition) is 2. The predicted octanol–water partition coefficient (Wildman–Crippen LogP) is 4.69. The summed E-state index contributed by atoms with van der Waals surface area (Å²) in [4.78, 5) is 25.7. The number of rotatable bonds is 10. The maximum absolute atomic E-state index is 11.9. The van der Waals surface area contributed by atoms with Gasteiger partial charge in [0.2, 0.25) is 5.91 Å². The van der Waals surface area contributed by atoms with Crippen LogP contribution in [0.4, 0.5) is 11.4 Å². The van der Waals surface area contributed by atoms with Crippen LogP contribution in [-0.2, 0) is 14.3 Å². The standard InChI is InChI=1S/C23H37N3O3S/c1-8-29-22(28)11-17(6)19-9-10-21(26(13-15(2)3)14-16(4)5)20(12-19)25-23(30)24-18(7)27/h9-10,12,15-17H,8,11,13-14H2,1-7H3,(H2,24,25,27,30). The van der Waals surface area contributed by atoms with Gasteiger partial charge >= 0.3 is 5.97 Å². The summed E-state index contributed by atoms with van der Waals surface area (Å²) in [5.74, 6) is 0.542. The fourth-order valence-electron chi connectivity index (χ4n) is 3.29. The lowest BCUT2D eigenvalue weighted by Crippen LogP contribution is -2.35. The molecule has 0 aromatic heterocycles. The van der Waals surface area contributed by atoms with Gasteiger partial charge in [0.15, 0.2) is 5.11 Å². The molecule has 0 aliphatic heterocycles. The summed E-state index contributed by atoms with van der Waals surface area (Å²) >= 11 is 5.31. The van der Waals surface area contributed by atoms with Crippen LogP contribution in [0.25, 0.3) is 0 Å². The van der Waals surface area contributed by atoms with Gasteiger partial charge < -0.3 is 20.3 Å². The Labute approximate surface area is 186 Å². The van der Waals surface area contributed by atoms with Crippen molar-refractivity contribution in [2.24, 2.45) is 11.8 Å². The summed E-state index contributed by atoms with van der Waals surface area (Å²) in [7, 11) is 0. The lowest BCUT2D eigenvalue weighted by molar-refractivity contribution is -0.143. The van der Waals surface area contributed by atoms with Gasteiger partial charge in [0, 0.05) is 20.0 Å². The molecule has 168 valence electrons. The summed E-state index contributed by atoms with van der Waals surface area (Å²) in [5, 5.41) is 6.07. The van der Waals surface area contributed by atoms with Crippen LogP contribution in [0.2, 0.25) is 0 Å². The van der Waals surface area contributed by atoms with Crippen LogP contribution in [0.1, 0.15) is 66.4 Å². The molecule has 1 aromatic carbocycles. The Balaban J connectivity index is 3.28. The van der Waals surface area contributed by atoms with Crippen LogP contribution in [-0.4, -0.2) is 36.7 Å². The van der Waals surface area contributed by atoms with Gasteiger partial charge in [0.1, 0.15) is 0 Å². The molecule has 0 spiro atoms. The van der Waals surface area contributed by atoms with Crippen LogP contribution in [0.15, 0.2) is 18.2 Å². The van der Waals surface area contributed by atoms with Crippen molar-refractivity contribution < 1.29 is 14.3 Å². The molecule has 30 heavy (non-hydrogen) atoms. The molecule has 1 amide bonds. The van der Waals surface area contributed by atoms with Crippen molar-refractivity contribution in [2.45, 2.75) is 60.8 Å².